The van der Waals surface area contributed by atoms with Crippen LogP contribution in [0.4, 0.5) is 28.0 Å². The van der Waals surface area contributed by atoms with Crippen LogP contribution >= 0.6 is 0 Å². The molecule has 2 rings (SSSR count). The molecule has 0 bridgehead atoms. The molecule has 0 aromatic heterocycles. The average Bonchev–Trinajstić information content (AvgIpc) is 2.47. The third kappa shape index (κ3) is 4.59. The zero-order valence-corrected chi connectivity index (χ0v) is 12.9. The Morgan fingerprint density at radius 1 is 1.29 bits per heavy atom. The number of amides is 3. The molecule has 0 spiro atoms. The number of hydrogen-bond donors (Lipinski definition) is 2. The van der Waals surface area contributed by atoms with Crippen LogP contribution in [0, 0.1) is 5.82 Å². The smallest absolute Gasteiger partial charge is 0.352 e. The predicted octanol–water partition coefficient (Wildman–Crippen LogP) is 2.98. The van der Waals surface area contributed by atoms with Crippen LogP contribution < -0.4 is 10.6 Å². The second-order valence-electron chi connectivity index (χ2n) is 5.61. The van der Waals surface area contributed by atoms with Crippen LogP contribution in [0.2, 0.25) is 0 Å². The van der Waals surface area contributed by atoms with Crippen molar-refractivity contribution in [1.29, 1.82) is 0 Å². The van der Waals surface area contributed by atoms with Gasteiger partial charge in [-0.3, -0.25) is 4.79 Å². The number of piperidine rings is 1. The van der Waals surface area contributed by atoms with Crippen molar-refractivity contribution in [2.75, 3.05) is 18.4 Å². The van der Waals surface area contributed by atoms with E-state index in [2.05, 4.69) is 10.6 Å². The Balaban J connectivity index is 2.05. The van der Waals surface area contributed by atoms with E-state index in [1.54, 1.807) is 0 Å². The van der Waals surface area contributed by atoms with Crippen molar-refractivity contribution >= 4 is 17.6 Å². The Kier molecular flexibility index (Phi) is 5.30. The van der Waals surface area contributed by atoms with Crippen molar-refractivity contribution in [2.45, 2.75) is 32.0 Å². The summed E-state index contributed by atoms with van der Waals surface area (Å²) in [6, 6.07) is 1.50. The average molecular weight is 347 g/mol. The highest BCUT2D eigenvalue weighted by Gasteiger charge is 2.34. The van der Waals surface area contributed by atoms with E-state index >= 15 is 0 Å². The summed E-state index contributed by atoms with van der Waals surface area (Å²) in [6.45, 7) is 2.06. The third-order valence-corrected chi connectivity index (χ3v) is 3.64. The number of hydrogen-bond acceptors (Lipinski definition) is 2. The predicted molar refractivity (Wildman–Crippen MR) is 78.8 cm³/mol. The van der Waals surface area contributed by atoms with Crippen LogP contribution in [0.5, 0.6) is 0 Å². The van der Waals surface area contributed by atoms with Crippen molar-refractivity contribution in [3.8, 4) is 0 Å². The fourth-order valence-electron chi connectivity index (χ4n) is 2.59. The van der Waals surface area contributed by atoms with Gasteiger partial charge in [-0.2, -0.15) is 13.2 Å². The molecular weight excluding hydrogens is 330 g/mol. The lowest BCUT2D eigenvalue weighted by Crippen LogP contribution is -2.50. The van der Waals surface area contributed by atoms with Crippen LogP contribution in [0.3, 0.4) is 0 Å². The maximum absolute atomic E-state index is 13.2. The summed E-state index contributed by atoms with van der Waals surface area (Å²) in [6.07, 6.45) is -3.46. The number of nitrogens with one attached hydrogen (secondary N) is 2. The first-order valence-electron chi connectivity index (χ1n) is 7.36. The van der Waals surface area contributed by atoms with Crippen LogP contribution in [-0.4, -0.2) is 36.0 Å². The summed E-state index contributed by atoms with van der Waals surface area (Å²) in [5, 5.41) is 5.04. The van der Waals surface area contributed by atoms with Gasteiger partial charge in [0.05, 0.1) is 5.56 Å². The normalized spacial score (nSPS) is 18.2. The summed E-state index contributed by atoms with van der Waals surface area (Å²) >= 11 is 0. The maximum atomic E-state index is 13.2. The molecule has 9 heteroatoms. The van der Waals surface area contributed by atoms with Crippen LogP contribution in [-0.2, 0) is 11.0 Å². The van der Waals surface area contributed by atoms with Crippen molar-refractivity contribution in [1.82, 2.24) is 10.2 Å². The molecule has 24 heavy (non-hydrogen) atoms. The molecule has 1 aromatic carbocycles. The van der Waals surface area contributed by atoms with Gasteiger partial charge in [0.25, 0.3) is 0 Å². The van der Waals surface area contributed by atoms with E-state index < -0.39 is 23.6 Å². The van der Waals surface area contributed by atoms with E-state index in [0.717, 1.165) is 12.5 Å². The molecule has 1 saturated heterocycles. The fraction of sp³-hybridized carbons (Fsp3) is 0.467. The topological polar surface area (TPSA) is 61.4 Å². The van der Waals surface area contributed by atoms with Crippen molar-refractivity contribution < 1.29 is 27.2 Å². The molecule has 1 unspecified atom stereocenters. The number of nitrogens with zero attached hydrogens (tertiary/aromatic N) is 1. The number of alkyl halides is 3. The monoisotopic (exact) mass is 347 g/mol. The molecule has 1 aliphatic heterocycles. The SMILES string of the molecule is CC(=O)NC1CCCN(C(=O)Nc2ccc(F)c(C(F)(F)F)c2)C1. The number of carbonyl (C=O) groups is 2. The molecule has 3 amide bonds. The number of rotatable bonds is 2. The van der Waals surface area contributed by atoms with Crippen LogP contribution in [0.15, 0.2) is 18.2 Å². The zero-order valence-electron chi connectivity index (χ0n) is 12.9. The first kappa shape index (κ1) is 18.0. The molecule has 132 valence electrons. The van der Waals surface area contributed by atoms with E-state index in [9.17, 15) is 27.2 Å². The molecule has 0 aliphatic carbocycles. The van der Waals surface area contributed by atoms with Crippen LogP contribution in [0.1, 0.15) is 25.3 Å². The lowest BCUT2D eigenvalue weighted by Gasteiger charge is -2.33. The summed E-state index contributed by atoms with van der Waals surface area (Å²) < 4.78 is 51.3. The first-order chi connectivity index (χ1) is 11.2. The highest BCUT2D eigenvalue weighted by atomic mass is 19.4. The van der Waals surface area contributed by atoms with Gasteiger partial charge in [0.2, 0.25) is 5.91 Å². The Morgan fingerprint density at radius 3 is 2.62 bits per heavy atom. The van der Waals surface area contributed by atoms with Gasteiger partial charge in [0.15, 0.2) is 0 Å². The van der Waals surface area contributed by atoms with Gasteiger partial charge in [0, 0.05) is 31.7 Å². The Morgan fingerprint density at radius 2 is 2.00 bits per heavy atom. The molecule has 1 aromatic rings. The molecule has 1 aliphatic rings. The number of anilines is 1. The van der Waals surface area contributed by atoms with Gasteiger partial charge in [0.1, 0.15) is 5.82 Å². The second kappa shape index (κ2) is 7.06. The lowest BCUT2D eigenvalue weighted by molar-refractivity contribution is -0.140. The van der Waals surface area contributed by atoms with Crippen molar-refractivity contribution in [3.05, 3.63) is 29.6 Å². The molecule has 5 nitrogen and oxygen atoms in total. The van der Waals surface area contributed by atoms with Gasteiger partial charge in [-0.05, 0) is 31.0 Å². The number of likely N-dealkylation sites (tertiary alicyclic amines) is 1. The molecule has 1 atom stereocenters. The minimum atomic E-state index is -4.84. The third-order valence-electron chi connectivity index (χ3n) is 3.64. The molecule has 0 saturated carbocycles. The van der Waals surface area contributed by atoms with Gasteiger partial charge < -0.3 is 15.5 Å². The van der Waals surface area contributed by atoms with E-state index in [4.69, 9.17) is 0 Å². The summed E-state index contributed by atoms with van der Waals surface area (Å²) in [4.78, 5) is 24.6. The van der Waals surface area contributed by atoms with Gasteiger partial charge in [-0.1, -0.05) is 0 Å². The Bertz CT molecular complexity index is 634. The Labute approximate surface area is 136 Å². The molecule has 1 heterocycles. The number of halogens is 4. The van der Waals surface area contributed by atoms with E-state index in [1.165, 1.54) is 11.8 Å². The molecular formula is C15H17F4N3O2. The minimum absolute atomic E-state index is 0.143. The summed E-state index contributed by atoms with van der Waals surface area (Å²) in [5.74, 6) is -1.61. The maximum Gasteiger partial charge on any atom is 0.419 e. The quantitative estimate of drug-likeness (QED) is 0.808. The highest BCUT2D eigenvalue weighted by molar-refractivity contribution is 5.89. The van der Waals surface area contributed by atoms with Crippen molar-refractivity contribution in [3.63, 3.8) is 0 Å². The number of carbonyl (C=O) groups excluding carboxylic acids is 2. The van der Waals surface area contributed by atoms with Gasteiger partial charge >= 0.3 is 12.2 Å². The molecule has 0 radical (unpaired) electrons. The van der Waals surface area contributed by atoms with Gasteiger partial charge in [-0.15, -0.1) is 0 Å². The second-order valence-corrected chi connectivity index (χ2v) is 5.61. The summed E-state index contributed by atoms with van der Waals surface area (Å²) in [7, 11) is 0. The fourth-order valence-corrected chi connectivity index (χ4v) is 2.59. The molecule has 1 fully saturated rings. The zero-order chi connectivity index (χ0) is 17.9. The van der Waals surface area contributed by atoms with E-state index in [1.807, 2.05) is 0 Å². The summed E-state index contributed by atoms with van der Waals surface area (Å²) in [5.41, 5.74) is -1.58. The number of benzene rings is 1. The van der Waals surface area contributed by atoms with E-state index in [-0.39, 0.29) is 24.2 Å². The largest absolute Gasteiger partial charge is 0.419 e. The van der Waals surface area contributed by atoms with Crippen molar-refractivity contribution in [2.24, 2.45) is 0 Å². The van der Waals surface area contributed by atoms with Gasteiger partial charge in [-0.25, -0.2) is 9.18 Å². The standard InChI is InChI=1S/C15H17F4N3O2/c1-9(23)20-11-3-2-6-22(8-11)14(24)21-10-4-5-13(16)12(7-10)15(17,18)19/h4-5,7,11H,2-3,6,8H2,1H3,(H,20,23)(H,21,24). The first-order valence-corrected chi connectivity index (χ1v) is 7.36. The van der Waals surface area contributed by atoms with E-state index in [0.29, 0.717) is 25.1 Å². The number of urea groups is 1. The molecule has 2 N–H and O–H groups in total. The van der Waals surface area contributed by atoms with Crippen LogP contribution in [0.25, 0.3) is 0 Å². The highest BCUT2D eigenvalue weighted by Crippen LogP contribution is 2.33. The Hall–Kier alpha value is -2.32. The minimum Gasteiger partial charge on any atom is -0.352 e. The lowest BCUT2D eigenvalue weighted by atomic mass is 10.1.